The first-order valence-corrected chi connectivity index (χ1v) is 9.37. The molecule has 30 heavy (non-hydrogen) atoms. The maximum absolute atomic E-state index is 13.1. The third kappa shape index (κ3) is 5.46. The number of carbonyl (C=O) groups excluding carboxylic acids is 1. The van der Waals surface area contributed by atoms with Gasteiger partial charge in [0, 0.05) is 34.1 Å². The van der Waals surface area contributed by atoms with Crippen molar-refractivity contribution in [2.75, 3.05) is 13.2 Å². The summed E-state index contributed by atoms with van der Waals surface area (Å²) in [6.45, 7) is -0.0753. The standard InChI is InChI=1S/C20H14Cl2F3NO4/c21-12-2-1-11(16(22)7-12)5-6-26-18(27)10-29-13-3-4-14-15(20(23,24)25)9-19(28)30-17(14)8-13/h1-4,7-9H,5-6,10H2,(H,26,27). The van der Waals surface area contributed by atoms with Crippen molar-refractivity contribution >= 4 is 40.1 Å². The van der Waals surface area contributed by atoms with Crippen LogP contribution in [0.25, 0.3) is 11.0 Å². The van der Waals surface area contributed by atoms with Crippen LogP contribution in [0, 0.1) is 0 Å². The van der Waals surface area contributed by atoms with Gasteiger partial charge in [-0.25, -0.2) is 4.79 Å². The van der Waals surface area contributed by atoms with Crippen LogP contribution in [0.15, 0.2) is 51.7 Å². The fourth-order valence-corrected chi connectivity index (χ4v) is 3.23. The number of benzene rings is 2. The van der Waals surface area contributed by atoms with E-state index in [1.807, 2.05) is 0 Å². The van der Waals surface area contributed by atoms with E-state index in [0.29, 0.717) is 29.1 Å². The lowest BCUT2D eigenvalue weighted by molar-refractivity contribution is -0.136. The predicted octanol–water partition coefficient (Wildman–Crippen LogP) is 4.86. The van der Waals surface area contributed by atoms with Crippen molar-refractivity contribution in [1.82, 2.24) is 5.32 Å². The van der Waals surface area contributed by atoms with Gasteiger partial charge < -0.3 is 14.5 Å². The summed E-state index contributed by atoms with van der Waals surface area (Å²) in [5, 5.41) is 3.36. The van der Waals surface area contributed by atoms with Gasteiger partial charge >= 0.3 is 11.8 Å². The Balaban J connectivity index is 1.60. The largest absolute Gasteiger partial charge is 0.484 e. The zero-order valence-corrected chi connectivity index (χ0v) is 16.7. The maximum Gasteiger partial charge on any atom is 0.417 e. The SMILES string of the molecule is O=C(COc1ccc2c(C(F)(F)F)cc(=O)oc2c1)NCCc1ccc(Cl)cc1Cl. The molecule has 0 saturated carbocycles. The second-order valence-electron chi connectivity index (χ2n) is 6.26. The van der Waals surface area contributed by atoms with E-state index in [4.69, 9.17) is 32.4 Å². The van der Waals surface area contributed by atoms with Crippen LogP contribution >= 0.6 is 23.2 Å². The van der Waals surface area contributed by atoms with Crippen LogP contribution < -0.4 is 15.7 Å². The van der Waals surface area contributed by atoms with Gasteiger partial charge in [-0.1, -0.05) is 29.3 Å². The molecule has 5 nitrogen and oxygen atoms in total. The normalized spacial score (nSPS) is 11.5. The van der Waals surface area contributed by atoms with Crippen molar-refractivity contribution in [3.8, 4) is 5.75 Å². The van der Waals surface area contributed by atoms with E-state index in [9.17, 15) is 22.8 Å². The van der Waals surface area contributed by atoms with Gasteiger partial charge in [-0.2, -0.15) is 13.2 Å². The number of carbonyl (C=O) groups is 1. The molecule has 0 aliphatic heterocycles. The Labute approximate surface area is 178 Å². The first-order chi connectivity index (χ1) is 14.1. The fourth-order valence-electron chi connectivity index (χ4n) is 2.73. The number of alkyl halides is 3. The zero-order valence-electron chi connectivity index (χ0n) is 15.2. The monoisotopic (exact) mass is 459 g/mol. The predicted molar refractivity (Wildman–Crippen MR) is 106 cm³/mol. The summed E-state index contributed by atoms with van der Waals surface area (Å²) >= 11 is 11.9. The number of hydrogen-bond acceptors (Lipinski definition) is 4. The number of ether oxygens (including phenoxy) is 1. The van der Waals surface area contributed by atoms with Gasteiger partial charge in [0.05, 0.1) is 5.56 Å². The molecule has 0 atom stereocenters. The van der Waals surface area contributed by atoms with E-state index in [1.165, 1.54) is 6.07 Å². The topological polar surface area (TPSA) is 68.5 Å². The Morgan fingerprint density at radius 2 is 1.87 bits per heavy atom. The van der Waals surface area contributed by atoms with Gasteiger partial charge in [0.2, 0.25) is 0 Å². The number of amides is 1. The highest BCUT2D eigenvalue weighted by Crippen LogP contribution is 2.34. The van der Waals surface area contributed by atoms with Gasteiger partial charge in [0.15, 0.2) is 6.61 Å². The number of fused-ring (bicyclic) bond motifs is 1. The third-order valence-electron chi connectivity index (χ3n) is 4.12. The molecule has 0 bridgehead atoms. The average molecular weight is 460 g/mol. The van der Waals surface area contributed by atoms with Crippen LogP contribution in [0.5, 0.6) is 5.75 Å². The summed E-state index contributed by atoms with van der Waals surface area (Å²) in [6.07, 6.45) is -4.23. The van der Waals surface area contributed by atoms with Gasteiger partial charge in [-0.05, 0) is 36.2 Å². The summed E-state index contributed by atoms with van der Waals surface area (Å²) in [4.78, 5) is 23.4. The molecule has 0 saturated heterocycles. The number of halogens is 5. The molecule has 0 radical (unpaired) electrons. The fraction of sp³-hybridized carbons (Fsp3) is 0.200. The lowest BCUT2D eigenvalue weighted by atomic mass is 10.1. The van der Waals surface area contributed by atoms with Crippen molar-refractivity contribution in [2.24, 2.45) is 0 Å². The molecule has 1 N–H and O–H groups in total. The van der Waals surface area contributed by atoms with Crippen LogP contribution in [0.1, 0.15) is 11.1 Å². The van der Waals surface area contributed by atoms with Crippen LogP contribution in [0.3, 0.4) is 0 Å². The zero-order chi connectivity index (χ0) is 21.9. The van der Waals surface area contributed by atoms with Crippen molar-refractivity contribution in [3.05, 3.63) is 74.1 Å². The minimum Gasteiger partial charge on any atom is -0.484 e. The van der Waals surface area contributed by atoms with Crippen molar-refractivity contribution < 1.29 is 27.1 Å². The highest BCUT2D eigenvalue weighted by molar-refractivity contribution is 6.35. The van der Waals surface area contributed by atoms with E-state index in [-0.39, 0.29) is 23.3 Å². The minimum atomic E-state index is -4.70. The first kappa shape index (κ1) is 22.0. The second-order valence-corrected chi connectivity index (χ2v) is 7.10. The molecule has 1 amide bonds. The molecule has 1 aromatic heterocycles. The second kappa shape index (κ2) is 8.97. The van der Waals surface area contributed by atoms with Crippen LogP contribution in [-0.2, 0) is 17.4 Å². The Kier molecular flexibility index (Phi) is 6.58. The van der Waals surface area contributed by atoms with Crippen molar-refractivity contribution in [1.29, 1.82) is 0 Å². The first-order valence-electron chi connectivity index (χ1n) is 8.62. The van der Waals surface area contributed by atoms with Gasteiger partial charge in [0.25, 0.3) is 5.91 Å². The molecule has 0 fully saturated rings. The van der Waals surface area contributed by atoms with E-state index in [1.54, 1.807) is 18.2 Å². The summed E-state index contributed by atoms with van der Waals surface area (Å²) in [7, 11) is 0. The Bertz CT molecular complexity index is 1150. The molecule has 0 aliphatic rings. The van der Waals surface area contributed by atoms with Crippen LogP contribution in [0.4, 0.5) is 13.2 Å². The van der Waals surface area contributed by atoms with Crippen molar-refractivity contribution in [3.63, 3.8) is 0 Å². The highest BCUT2D eigenvalue weighted by atomic mass is 35.5. The molecular formula is C20H14Cl2F3NO4. The van der Waals surface area contributed by atoms with Gasteiger partial charge in [-0.3, -0.25) is 4.79 Å². The lowest BCUT2D eigenvalue weighted by Crippen LogP contribution is -2.30. The summed E-state index contributed by atoms with van der Waals surface area (Å²) in [6, 6.07) is 8.96. The molecule has 1 heterocycles. The van der Waals surface area contributed by atoms with E-state index in [2.05, 4.69) is 5.32 Å². The van der Waals surface area contributed by atoms with Crippen molar-refractivity contribution in [2.45, 2.75) is 12.6 Å². The lowest BCUT2D eigenvalue weighted by Gasteiger charge is -2.11. The third-order valence-corrected chi connectivity index (χ3v) is 4.71. The molecular weight excluding hydrogens is 446 g/mol. The molecule has 158 valence electrons. The van der Waals surface area contributed by atoms with Crippen LogP contribution in [-0.4, -0.2) is 19.1 Å². The Morgan fingerprint density at radius 1 is 1.10 bits per heavy atom. The molecule has 3 rings (SSSR count). The smallest absolute Gasteiger partial charge is 0.417 e. The summed E-state index contributed by atoms with van der Waals surface area (Å²) in [5.41, 5.74) is -1.71. The van der Waals surface area contributed by atoms with Crippen LogP contribution in [0.2, 0.25) is 10.0 Å². The van der Waals surface area contributed by atoms with Gasteiger partial charge in [-0.15, -0.1) is 0 Å². The Hall–Kier alpha value is -2.71. The number of rotatable bonds is 6. The molecule has 0 spiro atoms. The molecule has 3 aromatic rings. The molecule has 0 unspecified atom stereocenters. The number of nitrogens with one attached hydrogen (secondary N) is 1. The molecule has 10 heteroatoms. The maximum atomic E-state index is 13.1. The van der Waals surface area contributed by atoms with E-state index in [0.717, 1.165) is 17.7 Å². The summed E-state index contributed by atoms with van der Waals surface area (Å²) in [5.74, 6) is -0.355. The van der Waals surface area contributed by atoms with E-state index < -0.39 is 23.3 Å². The van der Waals surface area contributed by atoms with E-state index >= 15 is 0 Å². The molecule has 2 aromatic carbocycles. The quantitative estimate of drug-likeness (QED) is 0.534. The number of hydrogen-bond donors (Lipinski definition) is 1. The summed E-state index contributed by atoms with van der Waals surface area (Å²) < 4.78 is 49.3. The minimum absolute atomic E-state index is 0.0841. The molecule has 0 aliphatic carbocycles. The highest BCUT2D eigenvalue weighted by Gasteiger charge is 2.33. The average Bonchev–Trinajstić information content (AvgIpc) is 2.66. The van der Waals surface area contributed by atoms with Gasteiger partial charge in [0.1, 0.15) is 11.3 Å². The Morgan fingerprint density at radius 3 is 2.57 bits per heavy atom.